The van der Waals surface area contributed by atoms with E-state index < -0.39 is 0 Å². The molecule has 1 rings (SSSR count). The summed E-state index contributed by atoms with van der Waals surface area (Å²) >= 11 is 2.36. The first-order chi connectivity index (χ1) is 6.19. The minimum atomic E-state index is 1.20. The van der Waals surface area contributed by atoms with Crippen molar-refractivity contribution in [1.82, 2.24) is 0 Å². The molecule has 1 aromatic rings. The molecule has 1 aromatic carbocycles. The van der Waals surface area contributed by atoms with Gasteiger partial charge in [0.05, 0.1) is 0 Å². The molecule has 13 heavy (non-hydrogen) atoms. The standard InChI is InChI=1S/C12H13I/c1-4-10(5-2)11-7-6-9(3)8-12(11)13/h4-8H,1H2,2-3H3/b10-5+. The van der Waals surface area contributed by atoms with Gasteiger partial charge in [0.25, 0.3) is 0 Å². The van der Waals surface area contributed by atoms with Crippen LogP contribution in [0.15, 0.2) is 36.9 Å². The fraction of sp³-hybridized carbons (Fsp3) is 0.167. The lowest BCUT2D eigenvalue weighted by atomic mass is 10.0. The normalized spacial score (nSPS) is 11.5. The molecule has 0 amide bonds. The van der Waals surface area contributed by atoms with Crippen LogP contribution in [0.1, 0.15) is 18.1 Å². The second-order valence-corrected chi connectivity index (χ2v) is 4.09. The highest BCUT2D eigenvalue weighted by molar-refractivity contribution is 14.1. The summed E-state index contributed by atoms with van der Waals surface area (Å²) in [7, 11) is 0. The van der Waals surface area contributed by atoms with Crippen molar-refractivity contribution in [3.8, 4) is 0 Å². The average Bonchev–Trinajstić information content (AvgIpc) is 2.10. The summed E-state index contributed by atoms with van der Waals surface area (Å²) in [4.78, 5) is 0. The van der Waals surface area contributed by atoms with Crippen LogP contribution in [-0.2, 0) is 0 Å². The lowest BCUT2D eigenvalue weighted by Gasteiger charge is -2.05. The van der Waals surface area contributed by atoms with E-state index in [9.17, 15) is 0 Å². The second kappa shape index (κ2) is 4.61. The third-order valence-corrected chi connectivity index (χ3v) is 2.86. The Kier molecular flexibility index (Phi) is 3.72. The van der Waals surface area contributed by atoms with E-state index in [2.05, 4.69) is 60.4 Å². The molecule has 0 saturated heterocycles. The van der Waals surface area contributed by atoms with E-state index in [4.69, 9.17) is 0 Å². The van der Waals surface area contributed by atoms with E-state index in [1.165, 1.54) is 20.3 Å². The van der Waals surface area contributed by atoms with Gasteiger partial charge >= 0.3 is 0 Å². The molecular weight excluding hydrogens is 271 g/mol. The number of halogens is 1. The maximum absolute atomic E-state index is 3.80. The Hall–Kier alpha value is -0.570. The zero-order valence-electron chi connectivity index (χ0n) is 7.97. The molecule has 0 atom stereocenters. The van der Waals surface area contributed by atoms with Crippen molar-refractivity contribution in [2.45, 2.75) is 13.8 Å². The molecule has 0 aromatic heterocycles. The summed E-state index contributed by atoms with van der Waals surface area (Å²) in [6, 6.07) is 6.46. The van der Waals surface area contributed by atoms with Crippen molar-refractivity contribution >= 4 is 28.2 Å². The Balaban J connectivity index is 3.22. The number of allylic oxidation sites excluding steroid dienone is 3. The van der Waals surface area contributed by atoms with Gasteiger partial charge in [0.1, 0.15) is 0 Å². The molecular formula is C12H13I. The minimum absolute atomic E-state index is 1.20. The van der Waals surface area contributed by atoms with Crippen molar-refractivity contribution in [1.29, 1.82) is 0 Å². The van der Waals surface area contributed by atoms with Gasteiger partial charge < -0.3 is 0 Å². The molecule has 0 nitrogen and oxygen atoms in total. The average molecular weight is 284 g/mol. The highest BCUT2D eigenvalue weighted by atomic mass is 127. The molecule has 0 N–H and O–H groups in total. The maximum atomic E-state index is 3.80. The first-order valence-corrected chi connectivity index (χ1v) is 5.32. The molecule has 0 radical (unpaired) electrons. The Bertz CT molecular complexity index is 348. The SMILES string of the molecule is C=C/C(=C\C)c1ccc(C)cc1I. The highest BCUT2D eigenvalue weighted by Crippen LogP contribution is 2.22. The van der Waals surface area contributed by atoms with Gasteiger partial charge in [-0.2, -0.15) is 0 Å². The molecule has 68 valence electrons. The number of rotatable bonds is 2. The van der Waals surface area contributed by atoms with E-state index in [0.29, 0.717) is 0 Å². The van der Waals surface area contributed by atoms with Crippen LogP contribution in [0.3, 0.4) is 0 Å². The molecule has 0 aliphatic rings. The van der Waals surface area contributed by atoms with E-state index >= 15 is 0 Å². The van der Waals surface area contributed by atoms with Gasteiger partial charge in [-0.05, 0) is 53.6 Å². The van der Waals surface area contributed by atoms with Crippen LogP contribution in [-0.4, -0.2) is 0 Å². The largest absolute Gasteiger partial charge is 0.0985 e. The van der Waals surface area contributed by atoms with Gasteiger partial charge in [-0.25, -0.2) is 0 Å². The minimum Gasteiger partial charge on any atom is -0.0985 e. The predicted molar refractivity (Wildman–Crippen MR) is 67.7 cm³/mol. The van der Waals surface area contributed by atoms with Crippen LogP contribution in [0.25, 0.3) is 5.57 Å². The van der Waals surface area contributed by atoms with Crippen LogP contribution < -0.4 is 0 Å². The lowest BCUT2D eigenvalue weighted by Crippen LogP contribution is -1.86. The van der Waals surface area contributed by atoms with Gasteiger partial charge in [-0.15, -0.1) is 0 Å². The van der Waals surface area contributed by atoms with Crippen molar-refractivity contribution in [3.63, 3.8) is 0 Å². The van der Waals surface area contributed by atoms with Gasteiger partial charge in [-0.1, -0.05) is 36.4 Å². The van der Waals surface area contributed by atoms with Gasteiger partial charge in [0.15, 0.2) is 0 Å². The lowest BCUT2D eigenvalue weighted by molar-refractivity contribution is 1.42. The fourth-order valence-electron chi connectivity index (χ4n) is 1.24. The predicted octanol–water partition coefficient (Wildman–Crippen LogP) is 4.19. The van der Waals surface area contributed by atoms with Crippen molar-refractivity contribution in [2.24, 2.45) is 0 Å². The second-order valence-electron chi connectivity index (χ2n) is 2.93. The van der Waals surface area contributed by atoms with Crippen LogP contribution in [0, 0.1) is 10.5 Å². The molecule has 0 aliphatic carbocycles. The molecule has 0 heterocycles. The molecule has 0 fully saturated rings. The topological polar surface area (TPSA) is 0 Å². The third-order valence-electron chi connectivity index (χ3n) is 1.97. The number of aryl methyl sites for hydroxylation is 1. The third kappa shape index (κ3) is 2.44. The number of hydrogen-bond donors (Lipinski definition) is 0. The molecule has 1 heteroatoms. The molecule has 0 spiro atoms. The summed E-state index contributed by atoms with van der Waals surface area (Å²) < 4.78 is 1.28. The molecule has 0 saturated carbocycles. The summed E-state index contributed by atoms with van der Waals surface area (Å²) in [6.07, 6.45) is 3.98. The first-order valence-electron chi connectivity index (χ1n) is 4.24. The smallest absolute Gasteiger partial charge is 0.0211 e. The van der Waals surface area contributed by atoms with Crippen molar-refractivity contribution in [2.75, 3.05) is 0 Å². The van der Waals surface area contributed by atoms with E-state index in [0.717, 1.165) is 0 Å². The zero-order chi connectivity index (χ0) is 9.84. The number of hydrogen-bond acceptors (Lipinski definition) is 0. The van der Waals surface area contributed by atoms with Gasteiger partial charge in [0, 0.05) is 3.57 Å². The zero-order valence-corrected chi connectivity index (χ0v) is 10.1. The molecule has 0 unspecified atom stereocenters. The molecule has 0 bridgehead atoms. The first kappa shape index (κ1) is 10.5. The monoisotopic (exact) mass is 284 g/mol. The van der Waals surface area contributed by atoms with Crippen LogP contribution in [0.4, 0.5) is 0 Å². The Morgan fingerprint density at radius 1 is 1.46 bits per heavy atom. The quantitative estimate of drug-likeness (QED) is 0.564. The Morgan fingerprint density at radius 3 is 2.62 bits per heavy atom. The summed E-state index contributed by atoms with van der Waals surface area (Å²) in [6.45, 7) is 7.94. The van der Waals surface area contributed by atoms with Gasteiger partial charge in [-0.3, -0.25) is 0 Å². The van der Waals surface area contributed by atoms with E-state index in [-0.39, 0.29) is 0 Å². The summed E-state index contributed by atoms with van der Waals surface area (Å²) in [5, 5.41) is 0. The Labute approximate surface area is 93.5 Å². The number of benzene rings is 1. The van der Waals surface area contributed by atoms with Crippen LogP contribution in [0.5, 0.6) is 0 Å². The van der Waals surface area contributed by atoms with Gasteiger partial charge in [0.2, 0.25) is 0 Å². The fourth-order valence-corrected chi connectivity index (χ4v) is 2.22. The van der Waals surface area contributed by atoms with E-state index in [1.807, 2.05) is 13.0 Å². The molecule has 0 aliphatic heterocycles. The van der Waals surface area contributed by atoms with Crippen molar-refractivity contribution in [3.05, 3.63) is 51.6 Å². The van der Waals surface area contributed by atoms with Crippen LogP contribution >= 0.6 is 22.6 Å². The Morgan fingerprint density at radius 2 is 2.15 bits per heavy atom. The highest BCUT2D eigenvalue weighted by Gasteiger charge is 2.01. The summed E-state index contributed by atoms with van der Waals surface area (Å²) in [5.74, 6) is 0. The van der Waals surface area contributed by atoms with Crippen molar-refractivity contribution < 1.29 is 0 Å². The summed E-state index contributed by atoms with van der Waals surface area (Å²) in [5.41, 5.74) is 3.76. The van der Waals surface area contributed by atoms with Crippen LogP contribution in [0.2, 0.25) is 0 Å². The maximum Gasteiger partial charge on any atom is 0.0211 e. The van der Waals surface area contributed by atoms with E-state index in [1.54, 1.807) is 0 Å².